The van der Waals surface area contributed by atoms with Crippen molar-refractivity contribution >= 4 is 11.6 Å². The molecule has 7 heteroatoms. The van der Waals surface area contributed by atoms with E-state index in [4.69, 9.17) is 9.47 Å². The van der Waals surface area contributed by atoms with E-state index in [1.807, 2.05) is 30.3 Å². The molecule has 1 saturated heterocycles. The van der Waals surface area contributed by atoms with Crippen LogP contribution in [0.3, 0.4) is 0 Å². The molecule has 1 heterocycles. The van der Waals surface area contributed by atoms with Gasteiger partial charge in [0, 0.05) is 17.7 Å². The average Bonchev–Trinajstić information content (AvgIpc) is 2.88. The molecule has 0 saturated carbocycles. The number of nitrogens with one attached hydrogen (secondary N) is 1. The van der Waals surface area contributed by atoms with Gasteiger partial charge in [-0.1, -0.05) is 42.5 Å². The minimum Gasteiger partial charge on any atom is -0.351 e. The number of hydrogen-bond acceptors (Lipinski definition) is 5. The fourth-order valence-corrected chi connectivity index (χ4v) is 2.80. The minimum atomic E-state index is -0.675. The summed E-state index contributed by atoms with van der Waals surface area (Å²) in [7, 11) is 0. The van der Waals surface area contributed by atoms with Gasteiger partial charge in [0.05, 0.1) is 30.6 Å². The molecule has 0 unspecified atom stereocenters. The quantitative estimate of drug-likeness (QED) is 0.657. The number of nitrogens with zero attached hydrogens (tertiary/aromatic N) is 1. The van der Waals surface area contributed by atoms with Gasteiger partial charge in [0.1, 0.15) is 0 Å². The zero-order chi connectivity index (χ0) is 18.4. The number of benzene rings is 2. The molecular formula is C19H20N2O5. The average molecular weight is 356 g/mol. The van der Waals surface area contributed by atoms with E-state index < -0.39 is 11.2 Å². The van der Waals surface area contributed by atoms with Crippen LogP contribution < -0.4 is 5.32 Å². The van der Waals surface area contributed by atoms with Gasteiger partial charge in [-0.3, -0.25) is 14.9 Å². The van der Waals surface area contributed by atoms with E-state index in [1.165, 1.54) is 12.1 Å². The van der Waals surface area contributed by atoms with Crippen LogP contribution in [-0.4, -0.2) is 30.1 Å². The maximum absolute atomic E-state index is 12.2. The summed E-state index contributed by atoms with van der Waals surface area (Å²) in [4.78, 5) is 22.6. The number of carbonyl (C=O) groups excluding carboxylic acids is 1. The first-order chi connectivity index (χ1) is 12.6. The number of amides is 1. The lowest BCUT2D eigenvalue weighted by Gasteiger charge is -2.17. The number of carbonyl (C=O) groups is 1. The summed E-state index contributed by atoms with van der Waals surface area (Å²) in [6.45, 7) is 0.678. The minimum absolute atomic E-state index is 0.00772. The number of nitro benzene ring substituents is 1. The highest BCUT2D eigenvalue weighted by atomic mass is 16.7. The number of hydrogen-bond donors (Lipinski definition) is 1. The van der Waals surface area contributed by atoms with Gasteiger partial charge in [-0.2, -0.15) is 0 Å². The van der Waals surface area contributed by atoms with Gasteiger partial charge in [-0.05, 0) is 12.0 Å². The van der Waals surface area contributed by atoms with Gasteiger partial charge < -0.3 is 14.8 Å². The third-order valence-corrected chi connectivity index (χ3v) is 4.11. The SMILES string of the molecule is O=C(Cc1ccccc1)N[C@H]1CCO[C@@H](c2cccc([N+](=O)[O-])c2)OC1. The monoisotopic (exact) mass is 356 g/mol. The van der Waals surface area contributed by atoms with Crippen LogP contribution in [0.25, 0.3) is 0 Å². The second-order valence-corrected chi connectivity index (χ2v) is 6.10. The molecule has 1 fully saturated rings. The van der Waals surface area contributed by atoms with Crippen LogP contribution in [0.1, 0.15) is 23.8 Å². The summed E-state index contributed by atoms with van der Waals surface area (Å²) < 4.78 is 11.4. The van der Waals surface area contributed by atoms with Crippen LogP contribution in [0.2, 0.25) is 0 Å². The van der Waals surface area contributed by atoms with E-state index in [0.29, 0.717) is 25.0 Å². The molecule has 1 N–H and O–H groups in total. The van der Waals surface area contributed by atoms with Crippen molar-refractivity contribution in [2.75, 3.05) is 13.2 Å². The van der Waals surface area contributed by atoms with Crippen molar-refractivity contribution < 1.29 is 19.2 Å². The van der Waals surface area contributed by atoms with Crippen LogP contribution in [0, 0.1) is 10.1 Å². The molecule has 2 atom stereocenters. The summed E-state index contributed by atoms with van der Waals surface area (Å²) >= 11 is 0. The fraction of sp³-hybridized carbons (Fsp3) is 0.316. The molecule has 0 aliphatic carbocycles. The molecule has 1 aliphatic rings. The molecule has 1 aliphatic heterocycles. The molecule has 0 aromatic heterocycles. The van der Waals surface area contributed by atoms with Gasteiger partial charge in [0.15, 0.2) is 6.29 Å². The highest BCUT2D eigenvalue weighted by molar-refractivity contribution is 5.78. The van der Waals surface area contributed by atoms with Crippen LogP contribution in [0.15, 0.2) is 54.6 Å². The number of non-ortho nitro benzene ring substituents is 1. The second-order valence-electron chi connectivity index (χ2n) is 6.10. The van der Waals surface area contributed by atoms with Gasteiger partial charge in [-0.25, -0.2) is 0 Å². The van der Waals surface area contributed by atoms with Crippen molar-refractivity contribution in [2.45, 2.75) is 25.2 Å². The zero-order valence-electron chi connectivity index (χ0n) is 14.2. The van der Waals surface area contributed by atoms with Crippen molar-refractivity contribution in [2.24, 2.45) is 0 Å². The van der Waals surface area contributed by atoms with Gasteiger partial charge in [0.25, 0.3) is 5.69 Å². The Bertz CT molecular complexity index is 766. The highest BCUT2D eigenvalue weighted by Crippen LogP contribution is 2.25. The lowest BCUT2D eigenvalue weighted by atomic mass is 10.1. The molecule has 3 rings (SSSR count). The maximum Gasteiger partial charge on any atom is 0.269 e. The van der Waals surface area contributed by atoms with Crippen LogP contribution in [0.5, 0.6) is 0 Å². The van der Waals surface area contributed by atoms with E-state index in [9.17, 15) is 14.9 Å². The summed E-state index contributed by atoms with van der Waals surface area (Å²) in [6, 6.07) is 15.6. The molecule has 2 aromatic rings. The topological polar surface area (TPSA) is 90.7 Å². The Labute approximate surface area is 151 Å². The summed E-state index contributed by atoms with van der Waals surface area (Å²) in [6.07, 6.45) is 0.254. The largest absolute Gasteiger partial charge is 0.351 e. The van der Waals surface area contributed by atoms with E-state index in [-0.39, 0.29) is 24.2 Å². The first kappa shape index (κ1) is 18.0. The number of ether oxygens (including phenoxy) is 2. The Morgan fingerprint density at radius 1 is 1.15 bits per heavy atom. The molecule has 1 amide bonds. The molecular weight excluding hydrogens is 336 g/mol. The van der Waals surface area contributed by atoms with Crippen LogP contribution in [0.4, 0.5) is 5.69 Å². The normalized spacial score (nSPS) is 20.2. The molecule has 7 nitrogen and oxygen atoms in total. The number of rotatable bonds is 5. The highest BCUT2D eigenvalue weighted by Gasteiger charge is 2.23. The second kappa shape index (κ2) is 8.55. The Hall–Kier alpha value is -2.77. The molecule has 26 heavy (non-hydrogen) atoms. The molecule has 2 aromatic carbocycles. The van der Waals surface area contributed by atoms with Crippen molar-refractivity contribution in [1.29, 1.82) is 0 Å². The van der Waals surface area contributed by atoms with Crippen LogP contribution >= 0.6 is 0 Å². The Morgan fingerprint density at radius 3 is 2.73 bits per heavy atom. The van der Waals surface area contributed by atoms with Gasteiger partial charge >= 0.3 is 0 Å². The molecule has 0 bridgehead atoms. The van der Waals surface area contributed by atoms with Crippen molar-refractivity contribution in [3.63, 3.8) is 0 Å². The summed E-state index contributed by atoms with van der Waals surface area (Å²) in [5.41, 5.74) is 1.53. The van der Waals surface area contributed by atoms with Gasteiger partial charge in [-0.15, -0.1) is 0 Å². The number of nitro groups is 1. The Kier molecular flexibility index (Phi) is 5.93. The summed E-state index contributed by atoms with van der Waals surface area (Å²) in [5.74, 6) is -0.0707. The van der Waals surface area contributed by atoms with E-state index in [1.54, 1.807) is 12.1 Å². The standard InChI is InChI=1S/C19H20N2O5/c22-18(11-14-5-2-1-3-6-14)20-16-9-10-25-19(26-13-16)15-7-4-8-17(12-15)21(23)24/h1-8,12,16,19H,9-11,13H2,(H,20,22)/t16-,19+/m0/s1. The van der Waals surface area contributed by atoms with Crippen molar-refractivity contribution in [3.8, 4) is 0 Å². The van der Waals surface area contributed by atoms with Crippen molar-refractivity contribution in [1.82, 2.24) is 5.32 Å². The lowest BCUT2D eigenvalue weighted by Crippen LogP contribution is -2.38. The molecule has 0 spiro atoms. The van der Waals surface area contributed by atoms with Gasteiger partial charge in [0.2, 0.25) is 5.91 Å². The first-order valence-corrected chi connectivity index (χ1v) is 8.42. The fourth-order valence-electron chi connectivity index (χ4n) is 2.80. The third kappa shape index (κ3) is 4.87. The Balaban J connectivity index is 1.55. The predicted octanol–water partition coefficient (Wildman–Crippen LogP) is 2.76. The van der Waals surface area contributed by atoms with E-state index in [0.717, 1.165) is 5.56 Å². The van der Waals surface area contributed by atoms with Crippen LogP contribution in [-0.2, 0) is 20.7 Å². The first-order valence-electron chi connectivity index (χ1n) is 8.42. The molecule has 0 radical (unpaired) electrons. The maximum atomic E-state index is 12.2. The zero-order valence-corrected chi connectivity index (χ0v) is 14.2. The smallest absolute Gasteiger partial charge is 0.269 e. The lowest BCUT2D eigenvalue weighted by molar-refractivity contribution is -0.385. The van der Waals surface area contributed by atoms with Crippen molar-refractivity contribution in [3.05, 3.63) is 75.8 Å². The molecule has 136 valence electrons. The third-order valence-electron chi connectivity index (χ3n) is 4.11. The summed E-state index contributed by atoms with van der Waals surface area (Å²) in [5, 5.41) is 13.9. The van der Waals surface area contributed by atoms with E-state index in [2.05, 4.69) is 5.32 Å². The predicted molar refractivity (Wildman–Crippen MR) is 94.4 cm³/mol. The Morgan fingerprint density at radius 2 is 1.96 bits per heavy atom. The van der Waals surface area contributed by atoms with E-state index >= 15 is 0 Å².